The minimum absolute atomic E-state index is 0.00143. The normalized spacial score (nSPS) is 11.8. The molecule has 0 atom stereocenters. The van der Waals surface area contributed by atoms with Gasteiger partial charge in [-0.15, -0.1) is 5.10 Å². The summed E-state index contributed by atoms with van der Waals surface area (Å²) in [6, 6.07) is 10.6. The van der Waals surface area contributed by atoms with E-state index in [4.69, 9.17) is 0 Å². The van der Waals surface area contributed by atoms with Crippen LogP contribution < -0.4 is 5.32 Å². The molecule has 1 heterocycles. The first-order valence-electron chi connectivity index (χ1n) is 7.22. The predicted octanol–water partition coefficient (Wildman–Crippen LogP) is 2.76. The smallest absolute Gasteiger partial charge is 0.0965 e. The molecule has 0 aliphatic rings. The van der Waals surface area contributed by atoms with E-state index in [0.717, 1.165) is 31.6 Å². The lowest BCUT2D eigenvalue weighted by atomic mass is 10.1. The zero-order valence-corrected chi connectivity index (χ0v) is 12.6. The monoisotopic (exact) mass is 272 g/mol. The van der Waals surface area contributed by atoms with Gasteiger partial charge in [-0.25, -0.2) is 4.68 Å². The minimum Gasteiger partial charge on any atom is -0.311 e. The molecule has 0 aliphatic heterocycles. The van der Waals surface area contributed by atoms with Crippen molar-refractivity contribution in [3.05, 3.63) is 47.8 Å². The van der Waals surface area contributed by atoms with E-state index in [0.29, 0.717) is 0 Å². The Morgan fingerprint density at radius 2 is 1.90 bits per heavy atom. The molecule has 0 unspecified atom stereocenters. The van der Waals surface area contributed by atoms with Gasteiger partial charge in [-0.3, -0.25) is 0 Å². The molecule has 0 saturated carbocycles. The van der Waals surface area contributed by atoms with Crippen molar-refractivity contribution in [3.8, 4) is 0 Å². The summed E-state index contributed by atoms with van der Waals surface area (Å²) >= 11 is 0. The lowest BCUT2D eigenvalue weighted by molar-refractivity contribution is 0.347. The van der Waals surface area contributed by atoms with E-state index in [-0.39, 0.29) is 5.54 Å². The van der Waals surface area contributed by atoms with Crippen LogP contribution in [0.1, 0.15) is 38.4 Å². The van der Waals surface area contributed by atoms with Gasteiger partial charge in [0.1, 0.15) is 0 Å². The van der Waals surface area contributed by atoms with Gasteiger partial charge in [0.2, 0.25) is 0 Å². The van der Waals surface area contributed by atoms with Crippen LogP contribution in [-0.2, 0) is 18.5 Å². The van der Waals surface area contributed by atoms with E-state index in [1.165, 1.54) is 5.56 Å². The van der Waals surface area contributed by atoms with Crippen molar-refractivity contribution in [3.63, 3.8) is 0 Å². The summed E-state index contributed by atoms with van der Waals surface area (Å²) in [4.78, 5) is 0. The molecular formula is C16H24N4. The van der Waals surface area contributed by atoms with Gasteiger partial charge in [0, 0.05) is 6.54 Å². The third-order valence-electron chi connectivity index (χ3n) is 3.20. The van der Waals surface area contributed by atoms with Crippen molar-refractivity contribution in [2.45, 2.75) is 45.7 Å². The number of hydrogen-bond acceptors (Lipinski definition) is 3. The third kappa shape index (κ3) is 4.46. The number of aromatic nitrogens is 3. The summed E-state index contributed by atoms with van der Waals surface area (Å²) in [7, 11) is 0. The molecule has 108 valence electrons. The molecule has 20 heavy (non-hydrogen) atoms. The van der Waals surface area contributed by atoms with Crippen LogP contribution in [0.3, 0.4) is 0 Å². The first-order valence-corrected chi connectivity index (χ1v) is 7.22. The highest BCUT2D eigenvalue weighted by molar-refractivity contribution is 5.14. The maximum atomic E-state index is 4.19. The minimum atomic E-state index is -0.00143. The summed E-state index contributed by atoms with van der Waals surface area (Å²) in [6.07, 6.45) is 4.27. The molecular weight excluding hydrogens is 248 g/mol. The Bertz CT molecular complexity index is 511. The molecule has 2 rings (SSSR count). The van der Waals surface area contributed by atoms with Crippen molar-refractivity contribution >= 4 is 0 Å². The molecule has 4 heteroatoms. The highest BCUT2D eigenvalue weighted by Gasteiger charge is 2.14. The fraction of sp³-hybridized carbons (Fsp3) is 0.500. The average molecular weight is 272 g/mol. The van der Waals surface area contributed by atoms with Gasteiger partial charge in [-0.05, 0) is 45.7 Å². The van der Waals surface area contributed by atoms with Crippen LogP contribution in [0.15, 0.2) is 36.5 Å². The van der Waals surface area contributed by atoms with E-state index in [2.05, 4.69) is 66.7 Å². The van der Waals surface area contributed by atoms with Gasteiger partial charge in [0.05, 0.1) is 17.4 Å². The maximum Gasteiger partial charge on any atom is 0.0965 e. The van der Waals surface area contributed by atoms with E-state index in [1.54, 1.807) is 0 Å². The number of nitrogens with one attached hydrogen (secondary N) is 1. The van der Waals surface area contributed by atoms with E-state index in [9.17, 15) is 0 Å². The number of nitrogens with zero attached hydrogens (tertiary/aromatic N) is 3. The van der Waals surface area contributed by atoms with Crippen molar-refractivity contribution in [1.29, 1.82) is 0 Å². The Labute approximate surface area is 121 Å². The number of hydrogen-bond donors (Lipinski definition) is 1. The third-order valence-corrected chi connectivity index (χ3v) is 3.20. The standard InChI is InChI=1S/C16H24N4/c1-16(2,3)20-13-15(18-19-20)12-17-11-7-10-14-8-5-4-6-9-14/h4-6,8-9,13,17H,7,10-12H2,1-3H3. The van der Waals surface area contributed by atoms with Crippen LogP contribution >= 0.6 is 0 Å². The Morgan fingerprint density at radius 3 is 2.55 bits per heavy atom. The number of rotatable bonds is 6. The summed E-state index contributed by atoms with van der Waals surface area (Å²) in [5.41, 5.74) is 2.39. The summed E-state index contributed by atoms with van der Waals surface area (Å²) < 4.78 is 1.91. The van der Waals surface area contributed by atoms with Gasteiger partial charge < -0.3 is 5.32 Å². The lowest BCUT2D eigenvalue weighted by Crippen LogP contribution is -2.22. The van der Waals surface area contributed by atoms with Crippen LogP contribution in [0.2, 0.25) is 0 Å². The Kier molecular flexibility index (Phi) is 4.90. The quantitative estimate of drug-likeness (QED) is 0.822. The molecule has 2 aromatic rings. The Morgan fingerprint density at radius 1 is 1.15 bits per heavy atom. The Hall–Kier alpha value is -1.68. The van der Waals surface area contributed by atoms with Crippen LogP contribution in [-0.4, -0.2) is 21.5 Å². The van der Waals surface area contributed by atoms with Crippen LogP contribution in [0.25, 0.3) is 0 Å². The summed E-state index contributed by atoms with van der Waals surface area (Å²) in [5, 5.41) is 11.8. The van der Waals surface area contributed by atoms with Crippen molar-refractivity contribution < 1.29 is 0 Å². The molecule has 1 N–H and O–H groups in total. The van der Waals surface area contributed by atoms with Crippen LogP contribution in [0, 0.1) is 0 Å². The number of benzene rings is 1. The molecule has 0 radical (unpaired) electrons. The van der Waals surface area contributed by atoms with Gasteiger partial charge in [0.15, 0.2) is 0 Å². The molecule has 1 aromatic carbocycles. The molecule has 0 bridgehead atoms. The average Bonchev–Trinajstić information content (AvgIpc) is 2.88. The zero-order valence-electron chi connectivity index (χ0n) is 12.6. The first-order chi connectivity index (χ1) is 9.55. The lowest BCUT2D eigenvalue weighted by Gasteiger charge is -2.17. The van der Waals surface area contributed by atoms with Gasteiger partial charge in [-0.2, -0.15) is 0 Å². The van der Waals surface area contributed by atoms with Gasteiger partial charge in [0.25, 0.3) is 0 Å². The van der Waals surface area contributed by atoms with Crippen molar-refractivity contribution in [2.75, 3.05) is 6.54 Å². The van der Waals surface area contributed by atoms with Crippen LogP contribution in [0.4, 0.5) is 0 Å². The highest BCUT2D eigenvalue weighted by atomic mass is 15.4. The summed E-state index contributed by atoms with van der Waals surface area (Å²) in [6.45, 7) is 8.15. The number of aryl methyl sites for hydroxylation is 1. The molecule has 0 saturated heterocycles. The second-order valence-electron chi connectivity index (χ2n) is 6.09. The van der Waals surface area contributed by atoms with Gasteiger partial charge in [-0.1, -0.05) is 35.5 Å². The van der Waals surface area contributed by atoms with E-state index >= 15 is 0 Å². The second-order valence-corrected chi connectivity index (χ2v) is 6.09. The van der Waals surface area contributed by atoms with Crippen LogP contribution in [0.5, 0.6) is 0 Å². The molecule has 0 aliphatic carbocycles. The molecule has 1 aromatic heterocycles. The molecule has 0 fully saturated rings. The second kappa shape index (κ2) is 6.66. The predicted molar refractivity (Wildman–Crippen MR) is 81.5 cm³/mol. The Balaban J connectivity index is 1.67. The molecule has 0 amide bonds. The molecule has 4 nitrogen and oxygen atoms in total. The largest absolute Gasteiger partial charge is 0.311 e. The van der Waals surface area contributed by atoms with E-state index < -0.39 is 0 Å². The van der Waals surface area contributed by atoms with Gasteiger partial charge >= 0.3 is 0 Å². The maximum absolute atomic E-state index is 4.19. The zero-order chi connectivity index (χ0) is 14.4. The van der Waals surface area contributed by atoms with E-state index in [1.807, 2.05) is 10.9 Å². The summed E-state index contributed by atoms with van der Waals surface area (Å²) in [5.74, 6) is 0. The SMILES string of the molecule is CC(C)(C)n1cc(CNCCCc2ccccc2)nn1. The highest BCUT2D eigenvalue weighted by Crippen LogP contribution is 2.11. The van der Waals surface area contributed by atoms with Crippen molar-refractivity contribution in [1.82, 2.24) is 20.3 Å². The fourth-order valence-corrected chi connectivity index (χ4v) is 1.99. The first kappa shape index (κ1) is 14.7. The van der Waals surface area contributed by atoms with Crippen molar-refractivity contribution in [2.24, 2.45) is 0 Å². The fourth-order valence-electron chi connectivity index (χ4n) is 1.99. The topological polar surface area (TPSA) is 42.7 Å². The molecule has 0 spiro atoms.